The molecule has 2 amide bonds. The van der Waals surface area contributed by atoms with Gasteiger partial charge in [-0.05, 0) is 60.0 Å². The molecule has 2 fully saturated rings. The van der Waals surface area contributed by atoms with Crippen molar-refractivity contribution in [2.24, 2.45) is 25.9 Å². The van der Waals surface area contributed by atoms with Gasteiger partial charge in [0.25, 0.3) is 0 Å². The van der Waals surface area contributed by atoms with E-state index in [0.29, 0.717) is 45.4 Å². The van der Waals surface area contributed by atoms with Gasteiger partial charge >= 0.3 is 0 Å². The van der Waals surface area contributed by atoms with Gasteiger partial charge in [-0.25, -0.2) is 28.7 Å². The number of nitrogens with one attached hydrogen (secondary N) is 2. The number of carbonyl (C=O) groups is 2. The molecule has 0 unspecified atom stereocenters. The lowest BCUT2D eigenvalue weighted by Gasteiger charge is -2.10. The Balaban J connectivity index is 0.000000146. The highest BCUT2D eigenvalue weighted by Gasteiger charge is 2.44. The summed E-state index contributed by atoms with van der Waals surface area (Å²) in [5.41, 5.74) is 17.4. The molecule has 0 bridgehead atoms. The number of aromatic nitrogens is 8. The van der Waals surface area contributed by atoms with Crippen molar-refractivity contribution in [3.63, 3.8) is 0 Å². The summed E-state index contributed by atoms with van der Waals surface area (Å²) in [4.78, 5) is 50.1. The van der Waals surface area contributed by atoms with Gasteiger partial charge in [-0.15, -0.1) is 0 Å². The maximum atomic E-state index is 13.1. The average Bonchev–Trinajstić information content (AvgIpc) is 4.03. The van der Waals surface area contributed by atoms with Crippen LogP contribution in [0, 0.1) is 11.8 Å². The molecule has 16 heteroatoms. The van der Waals surface area contributed by atoms with Gasteiger partial charge in [0, 0.05) is 96.3 Å². The Hall–Kier alpha value is -7.10. The highest BCUT2D eigenvalue weighted by Crippen LogP contribution is 2.37. The number of rotatable bonds is 6. The molecule has 0 spiro atoms. The summed E-state index contributed by atoms with van der Waals surface area (Å²) in [6, 6.07) is 11.2. The Kier molecular flexibility index (Phi) is 8.25. The van der Waals surface area contributed by atoms with E-state index in [1.54, 1.807) is 49.3 Å². The van der Waals surface area contributed by atoms with Crippen LogP contribution in [0.15, 0.2) is 86.0 Å². The smallest absolute Gasteiger partial charge is 0.231 e. The monoisotopic (exact) mass is 752 g/mol. The number of anilines is 4. The molecule has 2 aliphatic rings. The van der Waals surface area contributed by atoms with E-state index in [9.17, 15) is 18.4 Å². The number of carbonyl (C=O) groups excluding carboxylic acids is 2. The fourth-order valence-corrected chi connectivity index (χ4v) is 6.95. The highest BCUT2D eigenvalue weighted by atomic mass is 19.1. The second kappa shape index (κ2) is 13.3. The Morgan fingerprint density at radius 2 is 1.05 bits per heavy atom. The van der Waals surface area contributed by atoms with Crippen molar-refractivity contribution in [3.8, 4) is 22.5 Å². The normalized spacial score (nSPS) is 18.5. The fraction of sp³-hybridized carbons (Fsp3) is 0.200. The first-order chi connectivity index (χ1) is 27.0. The lowest BCUT2D eigenvalue weighted by Crippen LogP contribution is -2.15. The third kappa shape index (κ3) is 6.33. The Morgan fingerprint density at radius 1 is 0.643 bits per heavy atom. The van der Waals surface area contributed by atoms with Crippen molar-refractivity contribution in [3.05, 3.63) is 86.0 Å². The standard InChI is InChI=1S/2C20H17FN6O/c2*1-27-3-2-10-7-23-8-14(18(10)27)16-4-11-5-17(24-9-13(11)19(22)25-16)26-20(28)12-6-15(12)21/h2*2-5,7-9,12,15H,6H2,1H3,(H2,22,25)(H,24,26,28)/t2*12-,15+/m10/s1. The van der Waals surface area contributed by atoms with Crippen molar-refractivity contribution in [1.29, 1.82) is 0 Å². The van der Waals surface area contributed by atoms with Crippen LogP contribution in [0.4, 0.5) is 32.1 Å². The molecule has 0 aromatic carbocycles. The molecule has 14 nitrogen and oxygen atoms in total. The highest BCUT2D eigenvalue weighted by molar-refractivity contribution is 6.02. The summed E-state index contributed by atoms with van der Waals surface area (Å²) < 4.78 is 30.2. The maximum Gasteiger partial charge on any atom is 0.231 e. The molecule has 6 N–H and O–H groups in total. The van der Waals surface area contributed by atoms with E-state index in [4.69, 9.17) is 11.5 Å². The molecule has 0 aliphatic heterocycles. The minimum absolute atomic E-state index is 0.272. The van der Waals surface area contributed by atoms with Crippen molar-refractivity contribution in [2.45, 2.75) is 25.2 Å². The molecule has 8 aromatic heterocycles. The topological polar surface area (TPSA) is 197 Å². The molecular weight excluding hydrogens is 719 g/mol. The summed E-state index contributed by atoms with van der Waals surface area (Å²) >= 11 is 0. The molecule has 2 aliphatic carbocycles. The van der Waals surface area contributed by atoms with Crippen molar-refractivity contribution in [1.82, 2.24) is 39.0 Å². The van der Waals surface area contributed by atoms with E-state index < -0.39 is 24.2 Å². The second-order valence-electron chi connectivity index (χ2n) is 14.2. The van der Waals surface area contributed by atoms with E-state index in [1.807, 2.05) is 59.9 Å². The minimum atomic E-state index is -1.05. The SMILES string of the molecule is Cn1ccc2cncc(-c3cc4cc(NC(=O)[C@@H]5C[C@@H]5F)ncc4c(N)n3)c21.Cn1ccc2cncc(-c3cc4cc(NC(=O)[C@H]5C[C@H]5F)ncc4c(N)n3)c21. The van der Waals surface area contributed by atoms with E-state index in [-0.39, 0.29) is 24.7 Å². The number of hydrogen-bond donors (Lipinski definition) is 4. The van der Waals surface area contributed by atoms with Gasteiger partial charge in [0.05, 0.1) is 34.3 Å². The summed E-state index contributed by atoms with van der Waals surface area (Å²) in [5, 5.41) is 10.3. The minimum Gasteiger partial charge on any atom is -0.383 e. The third-order valence-electron chi connectivity index (χ3n) is 10.2. The van der Waals surface area contributed by atoms with Gasteiger partial charge in [0.1, 0.15) is 35.6 Å². The van der Waals surface area contributed by atoms with Gasteiger partial charge in [0.2, 0.25) is 11.8 Å². The molecule has 0 radical (unpaired) electrons. The van der Waals surface area contributed by atoms with Gasteiger partial charge in [-0.1, -0.05) is 0 Å². The zero-order chi connectivity index (χ0) is 38.8. The molecule has 10 rings (SSSR count). The number of halogens is 2. The van der Waals surface area contributed by atoms with Crippen LogP contribution in [0.3, 0.4) is 0 Å². The average molecular weight is 753 g/mol. The van der Waals surface area contributed by atoms with E-state index in [0.717, 1.165) is 43.7 Å². The molecule has 8 aromatic rings. The van der Waals surface area contributed by atoms with Crippen LogP contribution in [0.25, 0.3) is 65.9 Å². The number of nitrogens with two attached hydrogens (primary N) is 2. The van der Waals surface area contributed by atoms with Gasteiger partial charge in [0.15, 0.2) is 0 Å². The second-order valence-corrected chi connectivity index (χ2v) is 14.2. The number of pyridine rings is 6. The summed E-state index contributed by atoms with van der Waals surface area (Å²) in [6.07, 6.45) is 12.6. The lowest BCUT2D eigenvalue weighted by molar-refractivity contribution is -0.118. The molecule has 280 valence electrons. The number of aryl methyl sites for hydroxylation is 2. The van der Waals surface area contributed by atoms with Crippen LogP contribution in [-0.4, -0.2) is 63.2 Å². The van der Waals surface area contributed by atoms with Gasteiger partial charge in [-0.3, -0.25) is 19.6 Å². The maximum absolute atomic E-state index is 13.1. The molecule has 8 heterocycles. The largest absolute Gasteiger partial charge is 0.383 e. The van der Waals surface area contributed by atoms with Crippen LogP contribution < -0.4 is 22.1 Å². The van der Waals surface area contributed by atoms with Crippen molar-refractivity contribution >= 4 is 78.4 Å². The van der Waals surface area contributed by atoms with E-state index in [2.05, 4.69) is 40.5 Å². The van der Waals surface area contributed by atoms with E-state index >= 15 is 0 Å². The third-order valence-corrected chi connectivity index (χ3v) is 10.2. The number of fused-ring (bicyclic) bond motifs is 4. The van der Waals surface area contributed by atoms with Crippen LogP contribution >= 0.6 is 0 Å². The Labute approximate surface area is 317 Å². The zero-order valence-corrected chi connectivity index (χ0v) is 30.1. The fourth-order valence-electron chi connectivity index (χ4n) is 6.95. The molecule has 56 heavy (non-hydrogen) atoms. The number of nitrogen functional groups attached to an aromatic ring is 2. The predicted octanol–water partition coefficient (Wildman–Crippen LogP) is 6.12. The first kappa shape index (κ1) is 34.7. The molecule has 4 atom stereocenters. The quantitative estimate of drug-likeness (QED) is 0.153. The van der Waals surface area contributed by atoms with Gasteiger partial charge in [-0.2, -0.15) is 0 Å². The predicted molar refractivity (Wildman–Crippen MR) is 211 cm³/mol. The zero-order valence-electron chi connectivity index (χ0n) is 30.1. The van der Waals surface area contributed by atoms with E-state index in [1.165, 1.54) is 0 Å². The molecule has 2 saturated carbocycles. The van der Waals surface area contributed by atoms with Crippen LogP contribution in [0.2, 0.25) is 0 Å². The van der Waals surface area contributed by atoms with Crippen LogP contribution in [0.5, 0.6) is 0 Å². The summed E-state index contributed by atoms with van der Waals surface area (Å²) in [6.45, 7) is 0. The number of nitrogens with zero attached hydrogens (tertiary/aromatic N) is 8. The van der Waals surface area contributed by atoms with Gasteiger partial charge < -0.3 is 31.2 Å². The Morgan fingerprint density at radius 3 is 1.45 bits per heavy atom. The van der Waals surface area contributed by atoms with Crippen LogP contribution in [-0.2, 0) is 23.7 Å². The van der Waals surface area contributed by atoms with Crippen LogP contribution in [0.1, 0.15) is 12.8 Å². The molecular formula is C40H34F2N12O2. The first-order valence-electron chi connectivity index (χ1n) is 17.8. The van der Waals surface area contributed by atoms with Crippen molar-refractivity contribution in [2.75, 3.05) is 22.1 Å². The van der Waals surface area contributed by atoms with Crippen molar-refractivity contribution < 1.29 is 18.4 Å². The summed E-state index contributed by atoms with van der Waals surface area (Å²) in [7, 11) is 3.92. The number of alkyl halides is 2. The number of hydrogen-bond acceptors (Lipinski definition) is 10. The first-order valence-corrected chi connectivity index (χ1v) is 17.8. The Bertz CT molecular complexity index is 2700. The lowest BCUT2D eigenvalue weighted by atomic mass is 10.1. The molecule has 0 saturated heterocycles. The number of amides is 2. The summed E-state index contributed by atoms with van der Waals surface area (Å²) in [5.74, 6) is -0.427.